The molecule has 4 atom stereocenters. The van der Waals surface area contributed by atoms with Crippen LogP contribution >= 0.6 is 0 Å². The molecule has 5 nitrogen and oxygen atoms in total. The number of carbonyl (C=O) groups excluding carboxylic acids is 1. The molecule has 5 heteroatoms. The quantitative estimate of drug-likeness (QED) is 0.534. The summed E-state index contributed by atoms with van der Waals surface area (Å²) in [6, 6.07) is 0. The maximum absolute atomic E-state index is 11.6. The minimum Gasteiger partial charge on any atom is -0.466 e. The molecular formula is C12H14O5. The standard InChI is InChI=1S/C12H14O5/c1-11-4-3-7-8(10(13)15-2)5-16-12(14,9(7)11)17-6-11/h3-5,7,9,14H,6H2,1-2H3/t7-,9+,11+,12+/m1/s1. The lowest BCUT2D eigenvalue weighted by Gasteiger charge is -2.37. The van der Waals surface area contributed by atoms with Gasteiger partial charge >= 0.3 is 11.9 Å². The fourth-order valence-electron chi connectivity index (χ4n) is 3.00. The summed E-state index contributed by atoms with van der Waals surface area (Å²) in [5.41, 5.74) is 0.125. The van der Waals surface area contributed by atoms with E-state index in [0.29, 0.717) is 12.2 Å². The van der Waals surface area contributed by atoms with Crippen LogP contribution in [0.2, 0.25) is 0 Å². The zero-order chi connectivity index (χ0) is 12.3. The summed E-state index contributed by atoms with van der Waals surface area (Å²) in [5.74, 6) is -2.57. The number of allylic oxidation sites excluding steroid dienone is 1. The molecule has 0 aromatic heterocycles. The highest BCUT2D eigenvalue weighted by molar-refractivity contribution is 5.89. The number of methoxy groups -OCH3 is 1. The van der Waals surface area contributed by atoms with Gasteiger partial charge in [0, 0.05) is 11.3 Å². The highest BCUT2D eigenvalue weighted by Gasteiger charge is 2.64. The second-order valence-electron chi connectivity index (χ2n) is 4.97. The maximum atomic E-state index is 11.6. The molecule has 0 amide bonds. The summed E-state index contributed by atoms with van der Waals surface area (Å²) < 4.78 is 15.2. The van der Waals surface area contributed by atoms with Crippen LogP contribution in [0.25, 0.3) is 0 Å². The van der Waals surface area contributed by atoms with E-state index >= 15 is 0 Å². The van der Waals surface area contributed by atoms with Crippen molar-refractivity contribution in [1.29, 1.82) is 0 Å². The smallest absolute Gasteiger partial charge is 0.337 e. The highest BCUT2D eigenvalue weighted by Crippen LogP contribution is 2.57. The van der Waals surface area contributed by atoms with Crippen LogP contribution in [0, 0.1) is 17.3 Å². The Balaban J connectivity index is 2.04. The second-order valence-corrected chi connectivity index (χ2v) is 4.97. The molecule has 1 fully saturated rings. The average Bonchev–Trinajstić information content (AvgIpc) is 2.79. The third kappa shape index (κ3) is 1.23. The summed E-state index contributed by atoms with van der Waals surface area (Å²) in [4.78, 5) is 11.6. The summed E-state index contributed by atoms with van der Waals surface area (Å²) >= 11 is 0. The molecule has 1 N–H and O–H groups in total. The van der Waals surface area contributed by atoms with Crippen molar-refractivity contribution in [2.45, 2.75) is 12.9 Å². The topological polar surface area (TPSA) is 65.0 Å². The SMILES string of the molecule is COC(=O)C1=CO[C@]2(O)OC[C@]3(C)C=C[C@H]1[C@H]23. The highest BCUT2D eigenvalue weighted by atomic mass is 16.8. The van der Waals surface area contributed by atoms with Crippen LogP contribution in [0.15, 0.2) is 24.0 Å². The van der Waals surface area contributed by atoms with Gasteiger partial charge in [-0.3, -0.25) is 0 Å². The van der Waals surface area contributed by atoms with Crippen LogP contribution in [-0.2, 0) is 19.0 Å². The van der Waals surface area contributed by atoms with Gasteiger partial charge in [0.2, 0.25) is 0 Å². The normalized spacial score (nSPS) is 46.2. The predicted octanol–water partition coefficient (Wildman–Crippen LogP) is 0.558. The summed E-state index contributed by atoms with van der Waals surface area (Å²) in [6.07, 6.45) is 5.14. The molecule has 2 aliphatic heterocycles. The largest absolute Gasteiger partial charge is 0.466 e. The number of rotatable bonds is 1. The Bertz CT molecular complexity index is 440. The van der Waals surface area contributed by atoms with Crippen LogP contribution in [0.3, 0.4) is 0 Å². The van der Waals surface area contributed by atoms with Gasteiger partial charge in [-0.15, -0.1) is 0 Å². The van der Waals surface area contributed by atoms with Gasteiger partial charge in [-0.25, -0.2) is 4.79 Å². The van der Waals surface area contributed by atoms with Crippen LogP contribution in [-0.4, -0.2) is 30.8 Å². The monoisotopic (exact) mass is 238 g/mol. The minimum atomic E-state index is -1.62. The molecule has 1 saturated heterocycles. The molecule has 1 aliphatic carbocycles. The van der Waals surface area contributed by atoms with E-state index in [1.54, 1.807) is 0 Å². The second kappa shape index (κ2) is 3.11. The summed E-state index contributed by atoms with van der Waals surface area (Å²) in [7, 11) is 1.33. The van der Waals surface area contributed by atoms with Gasteiger partial charge < -0.3 is 19.3 Å². The minimum absolute atomic E-state index is 0.214. The lowest BCUT2D eigenvalue weighted by atomic mass is 9.74. The van der Waals surface area contributed by atoms with Crippen molar-refractivity contribution >= 4 is 5.97 Å². The predicted molar refractivity (Wildman–Crippen MR) is 56.3 cm³/mol. The van der Waals surface area contributed by atoms with E-state index in [9.17, 15) is 9.90 Å². The zero-order valence-corrected chi connectivity index (χ0v) is 9.67. The van der Waals surface area contributed by atoms with Crippen LogP contribution in [0.4, 0.5) is 0 Å². The van der Waals surface area contributed by atoms with E-state index in [1.807, 2.05) is 19.1 Å². The van der Waals surface area contributed by atoms with Crippen molar-refractivity contribution in [2.75, 3.05) is 13.7 Å². The number of esters is 1. The molecule has 0 saturated carbocycles. The number of aliphatic hydroxyl groups is 1. The van der Waals surface area contributed by atoms with Gasteiger partial charge in [0.25, 0.3) is 0 Å². The van der Waals surface area contributed by atoms with E-state index in [-0.39, 0.29) is 17.3 Å². The number of hydrogen-bond acceptors (Lipinski definition) is 5. The van der Waals surface area contributed by atoms with Crippen molar-refractivity contribution in [3.05, 3.63) is 24.0 Å². The van der Waals surface area contributed by atoms with Gasteiger partial charge in [-0.1, -0.05) is 19.1 Å². The number of hydrogen-bond donors (Lipinski definition) is 1. The third-order valence-electron chi connectivity index (χ3n) is 3.87. The van der Waals surface area contributed by atoms with Gasteiger partial charge in [0.1, 0.15) is 6.26 Å². The van der Waals surface area contributed by atoms with Crippen molar-refractivity contribution in [2.24, 2.45) is 17.3 Å². The van der Waals surface area contributed by atoms with E-state index in [4.69, 9.17) is 14.2 Å². The Morgan fingerprint density at radius 2 is 2.41 bits per heavy atom. The number of ether oxygens (including phenoxy) is 3. The molecule has 3 rings (SSSR count). The molecule has 17 heavy (non-hydrogen) atoms. The first kappa shape index (κ1) is 10.8. The lowest BCUT2D eigenvalue weighted by Crippen LogP contribution is -2.46. The third-order valence-corrected chi connectivity index (χ3v) is 3.87. The molecule has 0 bridgehead atoms. The Morgan fingerprint density at radius 3 is 3.12 bits per heavy atom. The average molecular weight is 238 g/mol. The Morgan fingerprint density at radius 1 is 1.65 bits per heavy atom. The van der Waals surface area contributed by atoms with Gasteiger partial charge in [0.15, 0.2) is 0 Å². The first-order valence-corrected chi connectivity index (χ1v) is 5.52. The molecule has 2 heterocycles. The molecule has 3 aliphatic rings. The van der Waals surface area contributed by atoms with E-state index in [0.717, 1.165) is 0 Å². The first-order valence-electron chi connectivity index (χ1n) is 5.52. The molecule has 0 aromatic carbocycles. The fourth-order valence-corrected chi connectivity index (χ4v) is 3.00. The molecule has 0 spiro atoms. The number of carbonyl (C=O) groups is 1. The van der Waals surface area contributed by atoms with Crippen LogP contribution in [0.5, 0.6) is 0 Å². The maximum Gasteiger partial charge on any atom is 0.337 e. The summed E-state index contributed by atoms with van der Waals surface area (Å²) in [6.45, 7) is 2.36. The fraction of sp³-hybridized carbons (Fsp3) is 0.583. The van der Waals surface area contributed by atoms with Crippen molar-refractivity contribution < 1.29 is 24.1 Å². The Labute approximate surface area is 98.7 Å². The Kier molecular flexibility index (Phi) is 1.98. The van der Waals surface area contributed by atoms with Crippen LogP contribution < -0.4 is 0 Å². The molecule has 0 unspecified atom stereocenters. The van der Waals surface area contributed by atoms with Gasteiger partial charge in [0.05, 0.1) is 25.2 Å². The summed E-state index contributed by atoms with van der Waals surface area (Å²) in [5, 5.41) is 10.2. The van der Waals surface area contributed by atoms with E-state index < -0.39 is 11.9 Å². The van der Waals surface area contributed by atoms with E-state index in [2.05, 4.69) is 0 Å². The lowest BCUT2D eigenvalue weighted by molar-refractivity contribution is -0.345. The molecule has 92 valence electrons. The van der Waals surface area contributed by atoms with Crippen molar-refractivity contribution in [1.82, 2.24) is 0 Å². The van der Waals surface area contributed by atoms with E-state index in [1.165, 1.54) is 13.4 Å². The van der Waals surface area contributed by atoms with Crippen molar-refractivity contribution in [3.8, 4) is 0 Å². The molecule has 0 aromatic rings. The van der Waals surface area contributed by atoms with Crippen molar-refractivity contribution in [3.63, 3.8) is 0 Å². The van der Waals surface area contributed by atoms with Gasteiger partial charge in [-0.05, 0) is 0 Å². The molecule has 0 radical (unpaired) electrons. The van der Waals surface area contributed by atoms with Crippen LogP contribution in [0.1, 0.15) is 6.92 Å². The zero-order valence-electron chi connectivity index (χ0n) is 9.67. The van der Waals surface area contributed by atoms with Gasteiger partial charge in [-0.2, -0.15) is 0 Å². The molecular weight excluding hydrogens is 224 g/mol. The first-order chi connectivity index (χ1) is 8.00. The Hall–Kier alpha value is -1.33.